The van der Waals surface area contributed by atoms with Crippen molar-refractivity contribution in [3.8, 4) is 5.75 Å². The van der Waals surface area contributed by atoms with Gasteiger partial charge in [-0.25, -0.2) is 0 Å². The van der Waals surface area contributed by atoms with Gasteiger partial charge in [0.05, 0.1) is 43.9 Å². The molecule has 1 aromatic carbocycles. The second-order valence-electron chi connectivity index (χ2n) is 8.18. The summed E-state index contributed by atoms with van der Waals surface area (Å²) in [5.74, 6) is 1.17. The molecule has 2 aromatic rings. The SMILES string of the molecule is COc1cc(Cl)c(C)cc1NC(=O)C(C)Sc1nnc(N2CCOCC2)n1CC1CCCO1. The number of anilines is 2. The van der Waals surface area contributed by atoms with Crippen molar-refractivity contribution in [2.45, 2.75) is 49.7 Å². The summed E-state index contributed by atoms with van der Waals surface area (Å²) < 4.78 is 18.8. The molecule has 9 nitrogen and oxygen atoms in total. The van der Waals surface area contributed by atoms with Gasteiger partial charge in [-0.1, -0.05) is 23.4 Å². The average Bonchev–Trinajstić information content (AvgIpc) is 3.47. The number of nitrogens with zero attached hydrogens (tertiary/aromatic N) is 4. The summed E-state index contributed by atoms with van der Waals surface area (Å²) in [7, 11) is 1.55. The van der Waals surface area contributed by atoms with Crippen LogP contribution in [0.15, 0.2) is 17.3 Å². The van der Waals surface area contributed by atoms with E-state index >= 15 is 0 Å². The van der Waals surface area contributed by atoms with Gasteiger partial charge in [-0.15, -0.1) is 10.2 Å². The molecular formula is C22H30ClN5O4S. The van der Waals surface area contributed by atoms with E-state index in [0.29, 0.717) is 41.4 Å². The highest BCUT2D eigenvalue weighted by Crippen LogP contribution is 2.33. The molecule has 4 rings (SSSR count). The minimum atomic E-state index is -0.407. The molecule has 0 spiro atoms. The van der Waals surface area contributed by atoms with E-state index in [9.17, 15) is 4.79 Å². The largest absolute Gasteiger partial charge is 0.495 e. The van der Waals surface area contributed by atoms with E-state index in [0.717, 1.165) is 44.0 Å². The Balaban J connectivity index is 1.50. The van der Waals surface area contributed by atoms with Crippen molar-refractivity contribution in [1.82, 2.24) is 14.8 Å². The fourth-order valence-corrected chi connectivity index (χ4v) is 4.90. The molecule has 33 heavy (non-hydrogen) atoms. The number of hydrogen-bond donors (Lipinski definition) is 1. The highest BCUT2D eigenvalue weighted by atomic mass is 35.5. The molecule has 0 aliphatic carbocycles. The quantitative estimate of drug-likeness (QED) is 0.557. The first-order chi connectivity index (χ1) is 16.0. The van der Waals surface area contributed by atoms with Crippen LogP contribution in [0, 0.1) is 6.92 Å². The lowest BCUT2D eigenvalue weighted by atomic mass is 10.2. The molecule has 0 saturated carbocycles. The van der Waals surface area contributed by atoms with Gasteiger partial charge in [0.1, 0.15) is 5.75 Å². The van der Waals surface area contributed by atoms with E-state index in [1.807, 2.05) is 19.9 Å². The third-order valence-electron chi connectivity index (χ3n) is 5.79. The number of aryl methyl sites for hydroxylation is 1. The van der Waals surface area contributed by atoms with Gasteiger partial charge < -0.3 is 24.4 Å². The van der Waals surface area contributed by atoms with E-state index < -0.39 is 5.25 Å². The Labute approximate surface area is 203 Å². The van der Waals surface area contributed by atoms with Crippen molar-refractivity contribution >= 4 is 40.9 Å². The fraction of sp³-hybridized carbons (Fsp3) is 0.591. The molecule has 0 radical (unpaired) electrons. The highest BCUT2D eigenvalue weighted by molar-refractivity contribution is 8.00. The van der Waals surface area contributed by atoms with Crippen LogP contribution in [0.25, 0.3) is 0 Å². The molecule has 2 saturated heterocycles. The standard InChI is InChI=1S/C22H30ClN5O4S/c1-14-11-18(19(30-3)12-17(14)23)24-20(29)15(2)33-22-26-25-21(27-6-9-31-10-7-27)28(22)13-16-5-4-8-32-16/h11-12,15-16H,4-10,13H2,1-3H3,(H,24,29). The summed E-state index contributed by atoms with van der Waals surface area (Å²) in [5.41, 5.74) is 1.45. The summed E-state index contributed by atoms with van der Waals surface area (Å²) in [5, 5.41) is 12.7. The van der Waals surface area contributed by atoms with Gasteiger partial charge in [-0.3, -0.25) is 9.36 Å². The van der Waals surface area contributed by atoms with Crippen molar-refractivity contribution in [3.05, 3.63) is 22.7 Å². The van der Waals surface area contributed by atoms with Gasteiger partial charge in [-0.05, 0) is 38.3 Å². The molecule has 2 atom stereocenters. The van der Waals surface area contributed by atoms with E-state index in [1.54, 1.807) is 13.2 Å². The van der Waals surface area contributed by atoms with Crippen LogP contribution in [0.3, 0.4) is 0 Å². The van der Waals surface area contributed by atoms with E-state index in [1.165, 1.54) is 11.8 Å². The summed E-state index contributed by atoms with van der Waals surface area (Å²) in [6, 6.07) is 3.52. The first-order valence-corrected chi connectivity index (χ1v) is 12.4. The average molecular weight is 496 g/mol. The predicted octanol–water partition coefficient (Wildman–Crippen LogP) is 3.38. The molecule has 1 aromatic heterocycles. The lowest BCUT2D eigenvalue weighted by Crippen LogP contribution is -2.38. The molecule has 2 fully saturated rings. The number of carbonyl (C=O) groups excluding carboxylic acids is 1. The summed E-state index contributed by atoms with van der Waals surface area (Å²) >= 11 is 7.57. The van der Waals surface area contributed by atoms with Crippen molar-refractivity contribution < 1.29 is 19.0 Å². The zero-order chi connectivity index (χ0) is 23.4. The molecule has 11 heteroatoms. The van der Waals surface area contributed by atoms with Crippen LogP contribution in [-0.2, 0) is 20.8 Å². The normalized spacial score (nSPS) is 19.5. The predicted molar refractivity (Wildman–Crippen MR) is 129 cm³/mol. The first-order valence-electron chi connectivity index (χ1n) is 11.2. The van der Waals surface area contributed by atoms with Crippen LogP contribution in [0.1, 0.15) is 25.3 Å². The van der Waals surface area contributed by atoms with Crippen LogP contribution in [0.5, 0.6) is 5.75 Å². The second-order valence-corrected chi connectivity index (χ2v) is 9.89. The molecule has 180 valence electrons. The molecule has 1 amide bonds. The number of thioether (sulfide) groups is 1. The number of ether oxygens (including phenoxy) is 3. The highest BCUT2D eigenvalue weighted by Gasteiger charge is 2.27. The Morgan fingerprint density at radius 2 is 2.12 bits per heavy atom. The molecule has 2 unspecified atom stereocenters. The minimum absolute atomic E-state index is 0.130. The van der Waals surface area contributed by atoms with Crippen LogP contribution in [-0.4, -0.2) is 72.0 Å². The van der Waals surface area contributed by atoms with E-state index in [-0.39, 0.29) is 12.0 Å². The van der Waals surface area contributed by atoms with Gasteiger partial charge >= 0.3 is 0 Å². The first kappa shape index (κ1) is 24.1. The van der Waals surface area contributed by atoms with Crippen LogP contribution < -0.4 is 15.0 Å². The van der Waals surface area contributed by atoms with Gasteiger partial charge in [0, 0.05) is 30.8 Å². The molecule has 2 aliphatic rings. The zero-order valence-electron chi connectivity index (χ0n) is 19.2. The maximum Gasteiger partial charge on any atom is 0.237 e. The van der Waals surface area contributed by atoms with Gasteiger partial charge in [0.2, 0.25) is 11.9 Å². The number of nitrogens with one attached hydrogen (secondary N) is 1. The third-order valence-corrected chi connectivity index (χ3v) is 7.28. The Morgan fingerprint density at radius 3 is 2.82 bits per heavy atom. The second kappa shape index (κ2) is 10.9. The lowest BCUT2D eigenvalue weighted by Gasteiger charge is -2.28. The maximum atomic E-state index is 13.0. The Morgan fingerprint density at radius 1 is 1.33 bits per heavy atom. The lowest BCUT2D eigenvalue weighted by molar-refractivity contribution is -0.115. The van der Waals surface area contributed by atoms with E-state index in [2.05, 4.69) is 25.0 Å². The van der Waals surface area contributed by atoms with Gasteiger partial charge in [-0.2, -0.15) is 0 Å². The van der Waals surface area contributed by atoms with Crippen molar-refractivity contribution in [1.29, 1.82) is 0 Å². The van der Waals surface area contributed by atoms with Crippen LogP contribution >= 0.6 is 23.4 Å². The number of halogens is 1. The molecule has 2 aliphatic heterocycles. The Bertz CT molecular complexity index is 976. The molecular weight excluding hydrogens is 466 g/mol. The molecule has 0 bridgehead atoms. The Kier molecular flexibility index (Phi) is 8.00. The van der Waals surface area contributed by atoms with Gasteiger partial charge in [0.25, 0.3) is 0 Å². The van der Waals surface area contributed by atoms with Crippen molar-refractivity contribution in [2.75, 3.05) is 50.2 Å². The monoisotopic (exact) mass is 495 g/mol. The number of morpholine rings is 1. The number of amides is 1. The minimum Gasteiger partial charge on any atom is -0.495 e. The van der Waals surface area contributed by atoms with Crippen molar-refractivity contribution in [3.63, 3.8) is 0 Å². The maximum absolute atomic E-state index is 13.0. The number of carbonyl (C=O) groups is 1. The number of benzene rings is 1. The van der Waals surface area contributed by atoms with E-state index in [4.69, 9.17) is 25.8 Å². The zero-order valence-corrected chi connectivity index (χ0v) is 20.7. The van der Waals surface area contributed by atoms with Crippen LogP contribution in [0.2, 0.25) is 5.02 Å². The number of rotatable bonds is 8. The third kappa shape index (κ3) is 5.74. The van der Waals surface area contributed by atoms with Crippen molar-refractivity contribution in [2.24, 2.45) is 0 Å². The van der Waals surface area contributed by atoms with Gasteiger partial charge in [0.15, 0.2) is 5.16 Å². The van der Waals surface area contributed by atoms with Crippen LogP contribution in [0.4, 0.5) is 11.6 Å². The molecule has 3 heterocycles. The topological polar surface area (TPSA) is 90.7 Å². The summed E-state index contributed by atoms with van der Waals surface area (Å²) in [4.78, 5) is 15.2. The fourth-order valence-electron chi connectivity index (χ4n) is 3.89. The summed E-state index contributed by atoms with van der Waals surface area (Å²) in [6.07, 6.45) is 2.20. The number of hydrogen-bond acceptors (Lipinski definition) is 8. The molecule has 1 N–H and O–H groups in total. The Hall–Kier alpha value is -2.01. The number of methoxy groups -OCH3 is 1. The number of aromatic nitrogens is 3. The smallest absolute Gasteiger partial charge is 0.237 e. The summed E-state index contributed by atoms with van der Waals surface area (Å²) in [6.45, 7) is 8.04.